The van der Waals surface area contributed by atoms with E-state index >= 15 is 0 Å². The number of aryl methyl sites for hydroxylation is 2. The van der Waals surface area contributed by atoms with Gasteiger partial charge in [0.1, 0.15) is 0 Å². The van der Waals surface area contributed by atoms with Gasteiger partial charge in [-0.1, -0.05) is 45.0 Å². The molecular weight excluding hydrogens is 316 g/mol. The molecule has 0 bridgehead atoms. The zero-order valence-corrected chi connectivity index (χ0v) is 16.3. The molecule has 2 rings (SSSR count). The van der Waals surface area contributed by atoms with Gasteiger partial charge in [-0.2, -0.15) is 0 Å². The van der Waals surface area contributed by atoms with Crippen LogP contribution in [0.5, 0.6) is 0 Å². The highest BCUT2D eigenvalue weighted by molar-refractivity contribution is 7.11. The number of hydrogen-bond donors (Lipinski definition) is 2. The number of benzene rings is 1. The van der Waals surface area contributed by atoms with Gasteiger partial charge in [-0.05, 0) is 30.4 Å². The van der Waals surface area contributed by atoms with Crippen molar-refractivity contribution in [3.63, 3.8) is 0 Å². The molecular formula is C19H28N4S. The average Bonchev–Trinajstić information content (AvgIpc) is 2.85. The van der Waals surface area contributed by atoms with Gasteiger partial charge in [-0.25, -0.2) is 4.98 Å². The zero-order chi connectivity index (χ0) is 17.7. The number of nitrogens with one attached hydrogen (secondary N) is 2. The van der Waals surface area contributed by atoms with Gasteiger partial charge in [0.25, 0.3) is 0 Å². The second-order valence-corrected chi connectivity index (χ2v) is 8.26. The number of aromatic nitrogens is 1. The molecule has 4 nitrogen and oxygen atoms in total. The number of guanidine groups is 1. The highest BCUT2D eigenvalue weighted by Gasteiger charge is 2.12. The lowest BCUT2D eigenvalue weighted by Gasteiger charge is -2.19. The Bertz CT molecular complexity index is 693. The summed E-state index contributed by atoms with van der Waals surface area (Å²) in [4.78, 5) is 10.00. The summed E-state index contributed by atoms with van der Waals surface area (Å²) in [6.07, 6.45) is 0. The fourth-order valence-electron chi connectivity index (χ4n) is 2.43. The summed E-state index contributed by atoms with van der Waals surface area (Å²) in [5.41, 5.74) is 3.88. The van der Waals surface area contributed by atoms with E-state index in [-0.39, 0.29) is 5.41 Å². The van der Waals surface area contributed by atoms with Crippen molar-refractivity contribution in [2.75, 3.05) is 7.05 Å². The first-order valence-corrected chi connectivity index (χ1v) is 9.08. The maximum atomic E-state index is 4.45. The van der Waals surface area contributed by atoms with Crippen LogP contribution in [0, 0.1) is 13.8 Å². The molecule has 0 fully saturated rings. The van der Waals surface area contributed by atoms with E-state index in [0.29, 0.717) is 0 Å². The Kier molecular flexibility index (Phi) is 5.99. The average molecular weight is 345 g/mol. The van der Waals surface area contributed by atoms with E-state index in [2.05, 4.69) is 65.6 Å². The van der Waals surface area contributed by atoms with Crippen LogP contribution in [0.15, 0.2) is 29.3 Å². The Morgan fingerprint density at radius 2 is 1.71 bits per heavy atom. The van der Waals surface area contributed by atoms with E-state index in [1.165, 1.54) is 16.0 Å². The van der Waals surface area contributed by atoms with Crippen molar-refractivity contribution in [2.24, 2.45) is 4.99 Å². The monoisotopic (exact) mass is 344 g/mol. The van der Waals surface area contributed by atoms with Crippen molar-refractivity contribution in [3.05, 3.63) is 51.0 Å². The van der Waals surface area contributed by atoms with Crippen LogP contribution in [-0.2, 0) is 18.5 Å². The summed E-state index contributed by atoms with van der Waals surface area (Å²) in [7, 11) is 1.79. The van der Waals surface area contributed by atoms with Crippen molar-refractivity contribution in [2.45, 2.75) is 53.1 Å². The Balaban J connectivity index is 1.88. The van der Waals surface area contributed by atoms with E-state index in [9.17, 15) is 0 Å². The molecule has 0 atom stereocenters. The molecule has 1 heterocycles. The molecule has 0 aliphatic carbocycles. The first kappa shape index (κ1) is 18.5. The molecule has 2 N–H and O–H groups in total. The molecule has 0 radical (unpaired) electrons. The normalized spacial score (nSPS) is 12.3. The minimum atomic E-state index is 0.189. The summed E-state index contributed by atoms with van der Waals surface area (Å²) in [6.45, 7) is 12.3. The van der Waals surface area contributed by atoms with Crippen LogP contribution in [-0.4, -0.2) is 18.0 Å². The fraction of sp³-hybridized carbons (Fsp3) is 0.474. The van der Waals surface area contributed by atoms with Gasteiger partial charge >= 0.3 is 0 Å². The third-order valence-electron chi connectivity index (χ3n) is 3.92. The maximum Gasteiger partial charge on any atom is 0.191 e. The highest BCUT2D eigenvalue weighted by Crippen LogP contribution is 2.22. The van der Waals surface area contributed by atoms with Crippen molar-refractivity contribution >= 4 is 17.3 Å². The number of hydrogen-bond acceptors (Lipinski definition) is 3. The van der Waals surface area contributed by atoms with Gasteiger partial charge in [0, 0.05) is 18.5 Å². The van der Waals surface area contributed by atoms with Crippen molar-refractivity contribution in [1.29, 1.82) is 0 Å². The van der Waals surface area contributed by atoms with E-state index in [0.717, 1.165) is 29.8 Å². The third-order valence-corrected chi connectivity index (χ3v) is 4.99. The number of aliphatic imine (C=N–C) groups is 1. The Hall–Kier alpha value is -1.88. The maximum absolute atomic E-state index is 4.45. The van der Waals surface area contributed by atoms with E-state index < -0.39 is 0 Å². The van der Waals surface area contributed by atoms with Crippen molar-refractivity contribution in [3.8, 4) is 0 Å². The minimum absolute atomic E-state index is 0.189. The lowest BCUT2D eigenvalue weighted by molar-refractivity contribution is 0.590. The summed E-state index contributed by atoms with van der Waals surface area (Å²) in [5.74, 6) is 0.806. The predicted molar refractivity (Wildman–Crippen MR) is 104 cm³/mol. The van der Waals surface area contributed by atoms with Crippen molar-refractivity contribution in [1.82, 2.24) is 15.6 Å². The molecule has 2 aromatic rings. The molecule has 0 saturated carbocycles. The van der Waals surface area contributed by atoms with Crippen LogP contribution in [0.3, 0.4) is 0 Å². The van der Waals surface area contributed by atoms with E-state index in [1.54, 1.807) is 18.4 Å². The largest absolute Gasteiger partial charge is 0.352 e. The third kappa shape index (κ3) is 5.06. The molecule has 0 amide bonds. The number of rotatable bonds is 4. The van der Waals surface area contributed by atoms with Crippen molar-refractivity contribution < 1.29 is 0 Å². The van der Waals surface area contributed by atoms with Gasteiger partial charge in [0.15, 0.2) is 5.96 Å². The van der Waals surface area contributed by atoms with Crippen LogP contribution >= 0.6 is 11.3 Å². The van der Waals surface area contributed by atoms with Gasteiger partial charge in [0.2, 0.25) is 0 Å². The first-order valence-electron chi connectivity index (χ1n) is 8.26. The Labute approximate surface area is 149 Å². The van der Waals surface area contributed by atoms with Gasteiger partial charge < -0.3 is 10.6 Å². The SMILES string of the molecule is CN=C(NCc1ccc(C(C)(C)C)cc1)NCc1sc(C)nc1C. The van der Waals surface area contributed by atoms with E-state index in [4.69, 9.17) is 0 Å². The molecule has 1 aromatic carbocycles. The predicted octanol–water partition coefficient (Wildman–Crippen LogP) is 3.92. The summed E-state index contributed by atoms with van der Waals surface area (Å²) in [5, 5.41) is 7.82. The van der Waals surface area contributed by atoms with Crippen LogP contribution in [0.1, 0.15) is 47.5 Å². The van der Waals surface area contributed by atoms with Gasteiger partial charge in [-0.15, -0.1) is 11.3 Å². The van der Waals surface area contributed by atoms with Crippen LogP contribution < -0.4 is 10.6 Å². The molecule has 130 valence electrons. The molecule has 1 aromatic heterocycles. The molecule has 0 aliphatic heterocycles. The molecule has 0 aliphatic rings. The van der Waals surface area contributed by atoms with Gasteiger partial charge in [-0.3, -0.25) is 4.99 Å². The number of nitrogens with zero attached hydrogens (tertiary/aromatic N) is 2. The standard InChI is InChI=1S/C19H28N4S/c1-13-17(24-14(2)23-13)12-22-18(20-6)21-11-15-7-9-16(10-8-15)19(3,4)5/h7-10H,11-12H2,1-6H3,(H2,20,21,22). The molecule has 24 heavy (non-hydrogen) atoms. The lowest BCUT2D eigenvalue weighted by atomic mass is 9.87. The van der Waals surface area contributed by atoms with Crippen LogP contribution in [0.25, 0.3) is 0 Å². The van der Waals surface area contributed by atoms with E-state index in [1.807, 2.05) is 13.8 Å². The topological polar surface area (TPSA) is 49.3 Å². The first-order chi connectivity index (χ1) is 11.3. The van der Waals surface area contributed by atoms with Gasteiger partial charge in [0.05, 0.1) is 17.2 Å². The molecule has 0 saturated heterocycles. The fourth-order valence-corrected chi connectivity index (χ4v) is 3.31. The number of thiazole rings is 1. The quantitative estimate of drug-likeness (QED) is 0.653. The zero-order valence-electron chi connectivity index (χ0n) is 15.5. The summed E-state index contributed by atoms with van der Waals surface area (Å²) in [6, 6.07) is 8.77. The second kappa shape index (κ2) is 7.79. The van der Waals surface area contributed by atoms with Crippen LogP contribution in [0.2, 0.25) is 0 Å². The Morgan fingerprint density at radius 1 is 1.08 bits per heavy atom. The van der Waals surface area contributed by atoms with Crippen LogP contribution in [0.4, 0.5) is 0 Å². The molecule has 5 heteroatoms. The lowest BCUT2D eigenvalue weighted by Crippen LogP contribution is -2.36. The second-order valence-electron chi connectivity index (χ2n) is 6.97. The molecule has 0 spiro atoms. The smallest absolute Gasteiger partial charge is 0.191 e. The summed E-state index contributed by atoms with van der Waals surface area (Å²) < 4.78 is 0. The molecule has 0 unspecified atom stereocenters. The highest BCUT2D eigenvalue weighted by atomic mass is 32.1. The summed E-state index contributed by atoms with van der Waals surface area (Å²) >= 11 is 1.73. The Morgan fingerprint density at radius 3 is 2.21 bits per heavy atom. The minimum Gasteiger partial charge on any atom is -0.352 e.